The molecule has 0 heterocycles. The monoisotopic (exact) mass is 187 g/mol. The molecule has 0 saturated carbocycles. The Bertz CT molecular complexity index is 79.2. The summed E-state index contributed by atoms with van der Waals surface area (Å²) < 4.78 is 0. The molecule has 0 aromatic rings. The van der Waals surface area contributed by atoms with Crippen LogP contribution in [0.5, 0.6) is 0 Å². The highest BCUT2D eigenvalue weighted by Crippen LogP contribution is 2.01. The van der Waals surface area contributed by atoms with E-state index in [1.165, 1.54) is 32.4 Å². The Kier molecular flexibility index (Phi) is 14.2. The second-order valence-corrected chi connectivity index (χ2v) is 3.43. The molecule has 0 aliphatic carbocycles. The maximum atomic E-state index is 2.52. The van der Waals surface area contributed by atoms with Crippen molar-refractivity contribution in [3.8, 4) is 0 Å². The summed E-state index contributed by atoms with van der Waals surface area (Å²) in [5.74, 6) is 0. The van der Waals surface area contributed by atoms with Gasteiger partial charge in [-0.3, -0.25) is 0 Å². The minimum Gasteiger partial charge on any atom is -0.301 e. The van der Waals surface area contributed by atoms with Crippen molar-refractivity contribution >= 4 is 0 Å². The van der Waals surface area contributed by atoms with Crippen molar-refractivity contribution < 1.29 is 0 Å². The molecular formula is C12H29N. The highest BCUT2D eigenvalue weighted by atomic mass is 15.1. The van der Waals surface area contributed by atoms with Gasteiger partial charge in [0.2, 0.25) is 0 Å². The molecule has 0 N–H and O–H groups in total. The van der Waals surface area contributed by atoms with Gasteiger partial charge in [0, 0.05) is 6.04 Å². The lowest BCUT2D eigenvalue weighted by Crippen LogP contribution is -2.31. The predicted octanol–water partition coefficient (Wildman–Crippen LogP) is 3.93. The van der Waals surface area contributed by atoms with Gasteiger partial charge in [0.25, 0.3) is 0 Å². The molecule has 0 saturated heterocycles. The van der Waals surface area contributed by atoms with Gasteiger partial charge in [0.1, 0.15) is 0 Å². The van der Waals surface area contributed by atoms with Crippen LogP contribution >= 0.6 is 0 Å². The first-order valence-electron chi connectivity index (χ1n) is 5.96. The average molecular weight is 187 g/mol. The maximum absolute atomic E-state index is 2.52. The maximum Gasteiger partial charge on any atom is 0.00384 e. The summed E-state index contributed by atoms with van der Waals surface area (Å²) in [7, 11) is 0. The molecule has 0 aliphatic heterocycles. The lowest BCUT2D eigenvalue weighted by atomic mass is 10.2. The molecule has 0 spiro atoms. The van der Waals surface area contributed by atoms with Crippen molar-refractivity contribution in [2.45, 2.75) is 66.8 Å². The van der Waals surface area contributed by atoms with Gasteiger partial charge in [-0.25, -0.2) is 0 Å². The third kappa shape index (κ3) is 9.88. The molecule has 0 aliphatic rings. The van der Waals surface area contributed by atoms with Crippen LogP contribution in [0.1, 0.15) is 60.8 Å². The number of hydrogen-bond acceptors (Lipinski definition) is 1. The summed E-state index contributed by atoms with van der Waals surface area (Å²) in [5.41, 5.74) is 0. The summed E-state index contributed by atoms with van der Waals surface area (Å²) in [6, 6.07) is 0.719. The van der Waals surface area contributed by atoms with Gasteiger partial charge >= 0.3 is 0 Å². The molecular weight excluding hydrogens is 158 g/mol. The van der Waals surface area contributed by atoms with E-state index in [1.54, 1.807) is 0 Å². The number of unbranched alkanes of at least 4 members (excludes halogenated alkanes) is 2. The SMILES string of the molecule is CC.CCCCCN(CC)C(C)C. The third-order valence-electron chi connectivity index (χ3n) is 2.19. The van der Waals surface area contributed by atoms with Crippen molar-refractivity contribution in [2.75, 3.05) is 13.1 Å². The minimum absolute atomic E-state index is 0.719. The van der Waals surface area contributed by atoms with Gasteiger partial charge in [0.05, 0.1) is 0 Å². The van der Waals surface area contributed by atoms with Crippen LogP contribution in [0.2, 0.25) is 0 Å². The van der Waals surface area contributed by atoms with E-state index in [1.807, 2.05) is 13.8 Å². The molecule has 0 aromatic carbocycles. The van der Waals surface area contributed by atoms with Crippen molar-refractivity contribution in [1.82, 2.24) is 4.90 Å². The van der Waals surface area contributed by atoms with Crippen LogP contribution in [0, 0.1) is 0 Å². The van der Waals surface area contributed by atoms with Gasteiger partial charge in [-0.2, -0.15) is 0 Å². The fourth-order valence-electron chi connectivity index (χ4n) is 1.35. The first-order valence-corrected chi connectivity index (χ1v) is 5.96. The standard InChI is InChI=1S/C10H23N.C2H6/c1-5-7-8-9-11(6-2)10(3)4;1-2/h10H,5-9H2,1-4H3;1-2H3. The molecule has 0 unspecified atom stereocenters. The summed E-state index contributed by atoms with van der Waals surface area (Å²) in [5, 5.41) is 0. The molecule has 0 aromatic heterocycles. The van der Waals surface area contributed by atoms with E-state index in [0.29, 0.717) is 0 Å². The normalized spacial score (nSPS) is 10.2. The lowest BCUT2D eigenvalue weighted by Gasteiger charge is -2.24. The van der Waals surface area contributed by atoms with E-state index in [-0.39, 0.29) is 0 Å². The van der Waals surface area contributed by atoms with E-state index in [2.05, 4.69) is 32.6 Å². The summed E-state index contributed by atoms with van der Waals surface area (Å²) in [6.45, 7) is 15.5. The molecule has 0 amide bonds. The molecule has 0 atom stereocenters. The van der Waals surface area contributed by atoms with Gasteiger partial charge in [0.15, 0.2) is 0 Å². The second-order valence-electron chi connectivity index (χ2n) is 3.43. The Balaban J connectivity index is 0. The Morgan fingerprint density at radius 2 is 1.54 bits per heavy atom. The molecule has 1 heteroatoms. The Morgan fingerprint density at radius 3 is 1.85 bits per heavy atom. The highest BCUT2D eigenvalue weighted by Gasteiger charge is 2.04. The topological polar surface area (TPSA) is 3.24 Å². The summed E-state index contributed by atoms with van der Waals surface area (Å²) >= 11 is 0. The quantitative estimate of drug-likeness (QED) is 0.569. The van der Waals surface area contributed by atoms with Crippen LogP contribution in [-0.4, -0.2) is 24.0 Å². The van der Waals surface area contributed by atoms with E-state index in [4.69, 9.17) is 0 Å². The molecule has 1 nitrogen and oxygen atoms in total. The largest absolute Gasteiger partial charge is 0.301 e. The number of rotatable bonds is 6. The lowest BCUT2D eigenvalue weighted by molar-refractivity contribution is 0.229. The van der Waals surface area contributed by atoms with Gasteiger partial charge in [-0.1, -0.05) is 40.5 Å². The predicted molar refractivity (Wildman–Crippen MR) is 63.3 cm³/mol. The first-order chi connectivity index (χ1) is 6.22. The van der Waals surface area contributed by atoms with Gasteiger partial charge < -0.3 is 4.90 Å². The smallest absolute Gasteiger partial charge is 0.00384 e. The van der Waals surface area contributed by atoms with Crippen molar-refractivity contribution in [2.24, 2.45) is 0 Å². The molecule has 0 rings (SSSR count). The zero-order chi connectivity index (χ0) is 10.7. The highest BCUT2D eigenvalue weighted by molar-refractivity contribution is 4.59. The Labute approximate surface area is 85.5 Å². The molecule has 82 valence electrons. The van der Waals surface area contributed by atoms with E-state index >= 15 is 0 Å². The van der Waals surface area contributed by atoms with Crippen molar-refractivity contribution in [3.63, 3.8) is 0 Å². The zero-order valence-electron chi connectivity index (χ0n) is 10.6. The molecule has 0 bridgehead atoms. The molecule has 13 heavy (non-hydrogen) atoms. The van der Waals surface area contributed by atoms with E-state index in [9.17, 15) is 0 Å². The Hall–Kier alpha value is -0.0400. The van der Waals surface area contributed by atoms with E-state index in [0.717, 1.165) is 6.04 Å². The summed E-state index contributed by atoms with van der Waals surface area (Å²) in [6.07, 6.45) is 4.07. The van der Waals surface area contributed by atoms with Crippen LogP contribution < -0.4 is 0 Å². The molecule has 0 radical (unpaired) electrons. The fourth-order valence-corrected chi connectivity index (χ4v) is 1.35. The minimum atomic E-state index is 0.719. The average Bonchev–Trinajstić information content (AvgIpc) is 2.15. The van der Waals surface area contributed by atoms with Gasteiger partial charge in [-0.15, -0.1) is 0 Å². The van der Waals surface area contributed by atoms with Crippen LogP contribution in [0.15, 0.2) is 0 Å². The van der Waals surface area contributed by atoms with Gasteiger partial charge in [-0.05, 0) is 33.4 Å². The van der Waals surface area contributed by atoms with Crippen LogP contribution in [0.3, 0.4) is 0 Å². The second kappa shape index (κ2) is 12.0. The molecule has 0 fully saturated rings. The first kappa shape index (κ1) is 15.4. The third-order valence-corrected chi connectivity index (χ3v) is 2.19. The van der Waals surface area contributed by atoms with Crippen LogP contribution in [0.4, 0.5) is 0 Å². The van der Waals surface area contributed by atoms with Crippen LogP contribution in [0.25, 0.3) is 0 Å². The number of hydrogen-bond donors (Lipinski definition) is 0. The van der Waals surface area contributed by atoms with E-state index < -0.39 is 0 Å². The van der Waals surface area contributed by atoms with Crippen molar-refractivity contribution in [1.29, 1.82) is 0 Å². The number of nitrogens with zero attached hydrogens (tertiary/aromatic N) is 1. The van der Waals surface area contributed by atoms with Crippen molar-refractivity contribution in [3.05, 3.63) is 0 Å². The summed E-state index contributed by atoms with van der Waals surface area (Å²) in [4.78, 5) is 2.52. The fraction of sp³-hybridized carbons (Fsp3) is 1.00. The zero-order valence-corrected chi connectivity index (χ0v) is 10.6. The Morgan fingerprint density at radius 1 is 1.00 bits per heavy atom. The van der Waals surface area contributed by atoms with Crippen LogP contribution in [-0.2, 0) is 0 Å².